The molecule has 24 heavy (non-hydrogen) atoms. The van der Waals surface area contributed by atoms with Gasteiger partial charge in [0, 0.05) is 29.0 Å². The quantitative estimate of drug-likeness (QED) is 0.714. The van der Waals surface area contributed by atoms with Gasteiger partial charge in [0.1, 0.15) is 5.75 Å². The molecule has 1 atom stereocenters. The smallest absolute Gasteiger partial charge is 0.123 e. The van der Waals surface area contributed by atoms with E-state index < -0.39 is 0 Å². The second-order valence-corrected chi connectivity index (χ2v) is 7.30. The lowest BCUT2D eigenvalue weighted by molar-refractivity contribution is 0.479. The minimum absolute atomic E-state index is 0.371. The summed E-state index contributed by atoms with van der Waals surface area (Å²) < 4.78 is 0. The van der Waals surface area contributed by atoms with Crippen molar-refractivity contribution in [3.05, 3.63) is 77.9 Å². The number of benzene rings is 3. The molecule has 1 N–H and O–H groups in total. The van der Waals surface area contributed by atoms with Crippen molar-refractivity contribution in [3.8, 4) is 5.75 Å². The number of hydrogen-bond donors (Lipinski definition) is 1. The van der Waals surface area contributed by atoms with Gasteiger partial charge < -0.3 is 10.0 Å². The zero-order valence-corrected chi connectivity index (χ0v) is 15.2. The number of hydrogen-bond acceptors (Lipinski definition) is 2. The highest BCUT2D eigenvalue weighted by Gasteiger charge is 2.13. The van der Waals surface area contributed by atoms with Crippen molar-refractivity contribution < 1.29 is 5.11 Å². The molecule has 3 aromatic carbocycles. The Morgan fingerprint density at radius 1 is 0.875 bits per heavy atom. The molecule has 0 amide bonds. The van der Waals surface area contributed by atoms with Crippen LogP contribution in [0.5, 0.6) is 5.75 Å². The first-order valence-electron chi connectivity index (χ1n) is 8.01. The monoisotopic (exact) mass is 335 g/mol. The van der Waals surface area contributed by atoms with Crippen molar-refractivity contribution in [2.75, 3.05) is 11.9 Å². The van der Waals surface area contributed by atoms with Crippen LogP contribution in [0.15, 0.2) is 66.7 Å². The number of phenolic OH excluding ortho intramolecular Hbond substituents is 1. The summed E-state index contributed by atoms with van der Waals surface area (Å²) >= 11 is 0. The number of rotatable bonds is 4. The van der Waals surface area contributed by atoms with Crippen LogP contribution in [-0.2, 0) is 0 Å². The maximum absolute atomic E-state index is 10.2. The fourth-order valence-corrected chi connectivity index (χ4v) is 4.21. The van der Waals surface area contributed by atoms with Crippen LogP contribution < -0.4 is 15.5 Å². The van der Waals surface area contributed by atoms with E-state index in [4.69, 9.17) is 0 Å². The third-order valence-corrected chi connectivity index (χ3v) is 5.74. The van der Waals surface area contributed by atoms with E-state index >= 15 is 0 Å². The molecule has 3 rings (SSSR count). The fraction of sp³-hybridized carbons (Fsp3) is 0.143. The minimum Gasteiger partial charge on any atom is -0.507 e. The van der Waals surface area contributed by atoms with E-state index in [1.165, 1.54) is 22.1 Å². The summed E-state index contributed by atoms with van der Waals surface area (Å²) in [5.74, 6) is 0.371. The summed E-state index contributed by atoms with van der Waals surface area (Å²) in [5, 5.41) is 12.5. The van der Waals surface area contributed by atoms with E-state index in [0.717, 1.165) is 11.0 Å². The second-order valence-electron chi connectivity index (χ2n) is 6.01. The molecule has 0 aliphatic heterocycles. The minimum atomic E-state index is 0.371. The summed E-state index contributed by atoms with van der Waals surface area (Å²) in [6, 6.07) is 22.5. The summed E-state index contributed by atoms with van der Waals surface area (Å²) in [4.78, 5) is 2.21. The normalized spacial score (nSPS) is 11.1. The molecule has 0 aliphatic carbocycles. The van der Waals surface area contributed by atoms with Gasteiger partial charge in [-0.25, -0.2) is 0 Å². The van der Waals surface area contributed by atoms with Gasteiger partial charge in [-0.2, -0.15) is 0 Å². The van der Waals surface area contributed by atoms with Crippen LogP contribution in [0.25, 0.3) is 0 Å². The average Bonchev–Trinajstić information content (AvgIpc) is 2.60. The highest BCUT2D eigenvalue weighted by atomic mass is 31.1. The molecule has 0 spiro atoms. The summed E-state index contributed by atoms with van der Waals surface area (Å²) in [6.07, 6.45) is 0. The Kier molecular flexibility index (Phi) is 4.87. The third kappa shape index (κ3) is 3.44. The molecule has 0 aliphatic rings. The lowest BCUT2D eigenvalue weighted by Gasteiger charge is -2.24. The van der Waals surface area contributed by atoms with Gasteiger partial charge in [0.05, 0.1) is 0 Å². The zero-order chi connectivity index (χ0) is 17.1. The van der Waals surface area contributed by atoms with Crippen LogP contribution in [0, 0.1) is 13.8 Å². The molecule has 0 radical (unpaired) electrons. The molecule has 1 unspecified atom stereocenters. The predicted molar refractivity (Wildman–Crippen MR) is 106 cm³/mol. The second kappa shape index (κ2) is 7.07. The van der Waals surface area contributed by atoms with Crippen LogP contribution in [0.1, 0.15) is 11.1 Å². The van der Waals surface area contributed by atoms with Crippen LogP contribution >= 0.6 is 8.58 Å². The molecule has 0 heterocycles. The number of para-hydroxylation sites is 1. The van der Waals surface area contributed by atoms with Gasteiger partial charge in [0.25, 0.3) is 0 Å². The van der Waals surface area contributed by atoms with E-state index in [1.807, 2.05) is 12.1 Å². The fourth-order valence-electron chi connectivity index (χ4n) is 2.77. The molecule has 0 fully saturated rings. The van der Waals surface area contributed by atoms with Crippen LogP contribution in [0.3, 0.4) is 0 Å². The van der Waals surface area contributed by atoms with Crippen LogP contribution in [0.2, 0.25) is 0 Å². The Labute approximate surface area is 145 Å². The van der Waals surface area contributed by atoms with Gasteiger partial charge in [-0.15, -0.1) is 0 Å². The molecular formula is C21H22NOP. The van der Waals surface area contributed by atoms with E-state index in [9.17, 15) is 5.11 Å². The summed E-state index contributed by atoms with van der Waals surface area (Å²) in [5.41, 5.74) is 4.75. The van der Waals surface area contributed by atoms with Crippen molar-refractivity contribution in [1.29, 1.82) is 0 Å². The number of nitrogens with zero attached hydrogens (tertiary/aromatic N) is 1. The standard InChI is InChI=1S/C21H22NOP/c1-15-12-13-19(23)20(14-15)24-21-16(2)8-7-11-18(21)22(3)17-9-5-4-6-10-17/h4-14,23-24H,1-3H3. The molecular weight excluding hydrogens is 313 g/mol. The molecule has 0 aromatic heterocycles. The van der Waals surface area contributed by atoms with Crippen LogP contribution in [0.4, 0.5) is 11.4 Å². The van der Waals surface area contributed by atoms with Crippen molar-refractivity contribution >= 4 is 30.6 Å². The number of phenols is 1. The Hall–Kier alpha value is -2.31. The molecule has 3 heteroatoms. The van der Waals surface area contributed by atoms with E-state index in [-0.39, 0.29) is 0 Å². The van der Waals surface area contributed by atoms with Gasteiger partial charge in [-0.05, 0) is 49.7 Å². The predicted octanol–water partition coefficient (Wildman–Crippen LogP) is 4.41. The lowest BCUT2D eigenvalue weighted by atomic mass is 10.2. The van der Waals surface area contributed by atoms with Crippen LogP contribution in [-0.4, -0.2) is 12.2 Å². The molecule has 0 saturated heterocycles. The van der Waals surface area contributed by atoms with Gasteiger partial charge >= 0.3 is 0 Å². The maximum Gasteiger partial charge on any atom is 0.123 e. The average molecular weight is 335 g/mol. The molecule has 3 aromatic rings. The van der Waals surface area contributed by atoms with E-state index in [1.54, 1.807) is 6.07 Å². The summed E-state index contributed by atoms with van der Waals surface area (Å²) in [7, 11) is 2.51. The zero-order valence-electron chi connectivity index (χ0n) is 14.2. The van der Waals surface area contributed by atoms with E-state index in [0.29, 0.717) is 14.3 Å². The largest absolute Gasteiger partial charge is 0.507 e. The lowest BCUT2D eigenvalue weighted by Crippen LogP contribution is -2.19. The first-order valence-corrected chi connectivity index (χ1v) is 9.01. The highest BCUT2D eigenvalue weighted by molar-refractivity contribution is 7.56. The van der Waals surface area contributed by atoms with Crippen molar-refractivity contribution in [1.82, 2.24) is 0 Å². The molecule has 0 saturated carbocycles. The van der Waals surface area contributed by atoms with Crippen molar-refractivity contribution in [2.24, 2.45) is 0 Å². The van der Waals surface area contributed by atoms with Gasteiger partial charge in [0.15, 0.2) is 0 Å². The number of aryl methyl sites for hydroxylation is 2. The first kappa shape index (κ1) is 16.5. The SMILES string of the molecule is Cc1ccc(O)c(Pc2c(C)cccc2N(C)c2ccccc2)c1. The Morgan fingerprint density at radius 2 is 1.62 bits per heavy atom. The molecule has 0 bridgehead atoms. The topological polar surface area (TPSA) is 23.5 Å². The summed E-state index contributed by atoms with van der Waals surface area (Å²) in [6.45, 7) is 4.19. The first-order chi connectivity index (χ1) is 11.6. The Balaban J connectivity index is 2.03. The molecule has 2 nitrogen and oxygen atoms in total. The van der Waals surface area contributed by atoms with Crippen molar-refractivity contribution in [2.45, 2.75) is 13.8 Å². The Bertz CT molecular complexity index is 846. The van der Waals surface area contributed by atoms with E-state index in [2.05, 4.69) is 74.3 Å². The van der Waals surface area contributed by atoms with Gasteiger partial charge in [-0.1, -0.05) is 50.5 Å². The highest BCUT2D eigenvalue weighted by Crippen LogP contribution is 2.29. The molecule has 122 valence electrons. The van der Waals surface area contributed by atoms with Crippen molar-refractivity contribution in [3.63, 3.8) is 0 Å². The third-order valence-electron chi connectivity index (χ3n) is 4.17. The van der Waals surface area contributed by atoms with Gasteiger partial charge in [-0.3, -0.25) is 0 Å². The Morgan fingerprint density at radius 3 is 2.38 bits per heavy atom. The van der Waals surface area contributed by atoms with Gasteiger partial charge in [0.2, 0.25) is 0 Å². The number of aromatic hydroxyl groups is 1. The number of anilines is 2. The maximum atomic E-state index is 10.2.